The topological polar surface area (TPSA) is 43.6 Å². The van der Waals surface area contributed by atoms with Crippen LogP contribution in [0.4, 0.5) is 0 Å². The number of nitrogens with zero attached hydrogens (tertiary/aromatic N) is 4. The van der Waals surface area contributed by atoms with Gasteiger partial charge in [0, 0.05) is 10.6 Å². The number of tetrazole rings is 1. The highest BCUT2D eigenvalue weighted by Crippen LogP contribution is 2.27. The van der Waals surface area contributed by atoms with Gasteiger partial charge < -0.3 is 0 Å². The molecule has 0 aliphatic rings. The lowest BCUT2D eigenvalue weighted by atomic mass is 10.2. The van der Waals surface area contributed by atoms with Crippen LogP contribution in [0.25, 0.3) is 11.4 Å². The predicted octanol–water partition coefficient (Wildman–Crippen LogP) is 2.18. The van der Waals surface area contributed by atoms with Crippen molar-refractivity contribution < 1.29 is 0 Å². The first-order chi connectivity index (χ1) is 6.66. The van der Waals surface area contributed by atoms with Crippen molar-refractivity contribution >= 4 is 23.2 Å². The molecule has 1 aromatic heterocycles. The third kappa shape index (κ3) is 1.71. The summed E-state index contributed by atoms with van der Waals surface area (Å²) in [4.78, 5) is 1.38. The lowest BCUT2D eigenvalue weighted by Gasteiger charge is -1.98. The first-order valence-corrected chi connectivity index (χ1v) is 4.62. The number of aromatic nitrogens is 4. The third-order valence-corrected chi connectivity index (χ3v) is 2.23. The summed E-state index contributed by atoms with van der Waals surface area (Å²) in [7, 11) is 1.69. The molecule has 0 amide bonds. The molecule has 0 saturated carbocycles. The Labute approximate surface area is 90.4 Å². The van der Waals surface area contributed by atoms with E-state index in [1.165, 1.54) is 4.80 Å². The van der Waals surface area contributed by atoms with Gasteiger partial charge in [0.15, 0.2) is 0 Å². The van der Waals surface area contributed by atoms with Gasteiger partial charge >= 0.3 is 0 Å². The summed E-state index contributed by atoms with van der Waals surface area (Å²) in [5, 5.41) is 12.7. The minimum Gasteiger partial charge on any atom is -0.167 e. The molecule has 0 unspecified atom stereocenters. The van der Waals surface area contributed by atoms with Crippen LogP contribution in [0.15, 0.2) is 18.2 Å². The Morgan fingerprint density at radius 1 is 1.29 bits per heavy atom. The highest BCUT2D eigenvalue weighted by atomic mass is 35.5. The molecule has 6 heteroatoms. The lowest BCUT2D eigenvalue weighted by Crippen LogP contribution is -1.92. The molecule has 0 radical (unpaired) electrons. The Morgan fingerprint density at radius 2 is 2.07 bits per heavy atom. The van der Waals surface area contributed by atoms with Crippen LogP contribution in [0.2, 0.25) is 10.0 Å². The van der Waals surface area contributed by atoms with E-state index in [0.29, 0.717) is 15.9 Å². The molecule has 0 fully saturated rings. The van der Waals surface area contributed by atoms with Crippen LogP contribution in [0.1, 0.15) is 0 Å². The molecule has 72 valence electrons. The molecule has 2 rings (SSSR count). The zero-order valence-corrected chi connectivity index (χ0v) is 8.79. The summed E-state index contributed by atoms with van der Waals surface area (Å²) in [5.74, 6) is 0.495. The zero-order chi connectivity index (χ0) is 10.1. The minimum atomic E-state index is 0.495. The fraction of sp³-hybridized carbons (Fsp3) is 0.125. The normalized spacial score (nSPS) is 10.5. The van der Waals surface area contributed by atoms with E-state index < -0.39 is 0 Å². The second-order valence-corrected chi connectivity index (χ2v) is 3.57. The lowest BCUT2D eigenvalue weighted by molar-refractivity contribution is 0.630. The zero-order valence-electron chi connectivity index (χ0n) is 7.28. The molecule has 0 bridgehead atoms. The number of aryl methyl sites for hydroxylation is 1. The van der Waals surface area contributed by atoms with Crippen molar-refractivity contribution in [3.63, 3.8) is 0 Å². The number of benzene rings is 1. The molecule has 1 aromatic carbocycles. The van der Waals surface area contributed by atoms with Crippen molar-refractivity contribution in [3.8, 4) is 11.4 Å². The summed E-state index contributed by atoms with van der Waals surface area (Å²) in [5.41, 5.74) is 0.726. The van der Waals surface area contributed by atoms with Gasteiger partial charge in [0.25, 0.3) is 0 Å². The molecule has 1 heterocycles. The van der Waals surface area contributed by atoms with Gasteiger partial charge in [-0.2, -0.15) is 4.80 Å². The van der Waals surface area contributed by atoms with Crippen LogP contribution in [-0.2, 0) is 7.05 Å². The largest absolute Gasteiger partial charge is 0.206 e. The first kappa shape index (κ1) is 9.43. The molecule has 0 saturated heterocycles. The van der Waals surface area contributed by atoms with Crippen molar-refractivity contribution in [2.24, 2.45) is 7.05 Å². The Morgan fingerprint density at radius 3 is 2.64 bits per heavy atom. The smallest absolute Gasteiger partial charge is 0.167 e. The van der Waals surface area contributed by atoms with Gasteiger partial charge in [0.05, 0.1) is 12.1 Å². The molecule has 0 aliphatic carbocycles. The molecule has 0 spiro atoms. The van der Waals surface area contributed by atoms with Crippen LogP contribution in [0.3, 0.4) is 0 Å². The van der Waals surface area contributed by atoms with Crippen LogP contribution >= 0.6 is 23.2 Å². The SMILES string of the molecule is Cn1nnc(-c2ccc(Cl)cc2Cl)n1. The summed E-state index contributed by atoms with van der Waals surface area (Å²) in [6, 6.07) is 5.15. The number of halogens is 2. The van der Waals surface area contributed by atoms with Crippen molar-refractivity contribution in [2.75, 3.05) is 0 Å². The van der Waals surface area contributed by atoms with E-state index in [-0.39, 0.29) is 0 Å². The van der Waals surface area contributed by atoms with E-state index in [0.717, 1.165) is 5.56 Å². The fourth-order valence-electron chi connectivity index (χ4n) is 1.06. The fourth-order valence-corrected chi connectivity index (χ4v) is 1.56. The Balaban J connectivity index is 2.52. The summed E-state index contributed by atoms with van der Waals surface area (Å²) in [6.45, 7) is 0. The van der Waals surface area contributed by atoms with Crippen LogP contribution in [0, 0.1) is 0 Å². The maximum absolute atomic E-state index is 5.97. The molecule has 4 nitrogen and oxygen atoms in total. The molecule has 0 N–H and O–H groups in total. The molecular weight excluding hydrogens is 223 g/mol. The van der Waals surface area contributed by atoms with Crippen molar-refractivity contribution in [1.29, 1.82) is 0 Å². The molecule has 0 atom stereocenters. The van der Waals surface area contributed by atoms with Crippen LogP contribution in [-0.4, -0.2) is 20.2 Å². The van der Waals surface area contributed by atoms with Gasteiger partial charge in [-0.1, -0.05) is 23.2 Å². The quantitative estimate of drug-likeness (QED) is 0.752. The molecule has 2 aromatic rings. The predicted molar refractivity (Wildman–Crippen MR) is 54.3 cm³/mol. The maximum Gasteiger partial charge on any atom is 0.206 e. The molecular formula is C8H6Cl2N4. The van der Waals surface area contributed by atoms with E-state index >= 15 is 0 Å². The van der Waals surface area contributed by atoms with Crippen molar-refractivity contribution in [1.82, 2.24) is 20.2 Å². The molecule has 0 aliphatic heterocycles. The van der Waals surface area contributed by atoms with Gasteiger partial charge in [0.1, 0.15) is 0 Å². The maximum atomic E-state index is 5.97. The summed E-state index contributed by atoms with van der Waals surface area (Å²) < 4.78 is 0. The number of rotatable bonds is 1. The average molecular weight is 229 g/mol. The minimum absolute atomic E-state index is 0.495. The first-order valence-electron chi connectivity index (χ1n) is 3.86. The van der Waals surface area contributed by atoms with E-state index in [1.54, 1.807) is 25.2 Å². The van der Waals surface area contributed by atoms with Crippen LogP contribution in [0.5, 0.6) is 0 Å². The highest BCUT2D eigenvalue weighted by molar-refractivity contribution is 6.36. The van der Waals surface area contributed by atoms with Crippen molar-refractivity contribution in [3.05, 3.63) is 28.2 Å². The van der Waals surface area contributed by atoms with E-state index in [9.17, 15) is 0 Å². The van der Waals surface area contributed by atoms with Gasteiger partial charge in [-0.15, -0.1) is 10.2 Å². The summed E-state index contributed by atoms with van der Waals surface area (Å²) in [6.07, 6.45) is 0. The number of hydrogen-bond acceptors (Lipinski definition) is 3. The van der Waals surface area contributed by atoms with Gasteiger partial charge in [-0.3, -0.25) is 0 Å². The van der Waals surface area contributed by atoms with Gasteiger partial charge in [0.2, 0.25) is 5.82 Å². The standard InChI is InChI=1S/C8H6Cl2N4/c1-14-12-8(11-13-14)6-3-2-5(9)4-7(6)10/h2-4H,1H3. The Hall–Kier alpha value is -1.13. The van der Waals surface area contributed by atoms with Crippen LogP contribution < -0.4 is 0 Å². The summed E-state index contributed by atoms with van der Waals surface area (Å²) >= 11 is 11.7. The van der Waals surface area contributed by atoms with E-state index in [1.807, 2.05) is 0 Å². The average Bonchev–Trinajstić information content (AvgIpc) is 2.51. The molecule has 14 heavy (non-hydrogen) atoms. The van der Waals surface area contributed by atoms with E-state index in [2.05, 4.69) is 15.4 Å². The Bertz CT molecular complexity index is 466. The van der Waals surface area contributed by atoms with Gasteiger partial charge in [-0.05, 0) is 23.4 Å². The van der Waals surface area contributed by atoms with Crippen molar-refractivity contribution in [2.45, 2.75) is 0 Å². The number of hydrogen-bond donors (Lipinski definition) is 0. The highest BCUT2D eigenvalue weighted by Gasteiger charge is 2.08. The Kier molecular flexibility index (Phi) is 2.39. The van der Waals surface area contributed by atoms with Gasteiger partial charge in [-0.25, -0.2) is 0 Å². The monoisotopic (exact) mass is 228 g/mol. The second-order valence-electron chi connectivity index (χ2n) is 2.73. The van der Waals surface area contributed by atoms with E-state index in [4.69, 9.17) is 23.2 Å². The second kappa shape index (κ2) is 3.55. The third-order valence-electron chi connectivity index (χ3n) is 1.68.